The van der Waals surface area contributed by atoms with Crippen molar-refractivity contribution in [2.45, 2.75) is 11.0 Å². The van der Waals surface area contributed by atoms with Crippen LogP contribution in [0.15, 0.2) is 54.7 Å². The molecule has 1 aliphatic heterocycles. The van der Waals surface area contributed by atoms with Gasteiger partial charge in [0.25, 0.3) is 5.91 Å². The van der Waals surface area contributed by atoms with E-state index in [4.69, 9.17) is 11.6 Å². The van der Waals surface area contributed by atoms with E-state index in [2.05, 4.69) is 22.4 Å². The Bertz CT molecular complexity index is 940. The minimum atomic E-state index is -0.158. The van der Waals surface area contributed by atoms with Crippen molar-refractivity contribution in [3.63, 3.8) is 0 Å². The largest absolute Gasteiger partial charge is 0.320 e. The number of thioether (sulfide) groups is 2. The maximum atomic E-state index is 12.7. The molecule has 132 valence electrons. The Morgan fingerprint density at radius 3 is 2.65 bits per heavy atom. The van der Waals surface area contributed by atoms with Gasteiger partial charge in [-0.05, 0) is 53.8 Å². The standard InChI is InChI=1S/C20H17ClN2OS2/c21-16-11-15-3-1-8-22-18(15)17(12-16)23-19(24)13-4-6-14(7-5-13)20-25-9-2-10-26-20/h1,3-8,11-12,20H,2,9-10H2,(H,23,24). The predicted molar refractivity (Wildman–Crippen MR) is 113 cm³/mol. The molecule has 3 aromatic rings. The van der Waals surface area contributed by atoms with Gasteiger partial charge in [-0.1, -0.05) is 29.8 Å². The third-order valence-electron chi connectivity index (χ3n) is 4.19. The van der Waals surface area contributed by atoms with Crippen LogP contribution in [-0.4, -0.2) is 22.4 Å². The number of anilines is 1. The molecular formula is C20H17ClN2OS2. The van der Waals surface area contributed by atoms with Crippen molar-refractivity contribution in [2.24, 2.45) is 0 Å². The van der Waals surface area contributed by atoms with Crippen LogP contribution in [-0.2, 0) is 0 Å². The van der Waals surface area contributed by atoms with Gasteiger partial charge in [0, 0.05) is 22.2 Å². The molecule has 0 atom stereocenters. The summed E-state index contributed by atoms with van der Waals surface area (Å²) in [6.45, 7) is 0. The first-order valence-corrected chi connectivity index (χ1v) is 10.9. The lowest BCUT2D eigenvalue weighted by molar-refractivity contribution is 0.102. The highest BCUT2D eigenvalue weighted by molar-refractivity contribution is 8.16. The SMILES string of the molecule is O=C(Nc1cc(Cl)cc2cccnc12)c1ccc(C2SCCCS2)cc1. The highest BCUT2D eigenvalue weighted by Gasteiger charge is 2.17. The van der Waals surface area contributed by atoms with Crippen molar-refractivity contribution in [1.29, 1.82) is 0 Å². The van der Waals surface area contributed by atoms with Crippen molar-refractivity contribution in [2.75, 3.05) is 16.8 Å². The second kappa shape index (κ2) is 7.91. The van der Waals surface area contributed by atoms with Crippen LogP contribution in [0.3, 0.4) is 0 Å². The molecule has 26 heavy (non-hydrogen) atoms. The number of hydrogen-bond donors (Lipinski definition) is 1. The van der Waals surface area contributed by atoms with Crippen LogP contribution in [0, 0.1) is 0 Å². The molecule has 1 aromatic heterocycles. The fourth-order valence-electron chi connectivity index (χ4n) is 2.92. The van der Waals surface area contributed by atoms with E-state index in [0.717, 1.165) is 10.9 Å². The zero-order chi connectivity index (χ0) is 17.9. The molecule has 2 aromatic carbocycles. The molecular weight excluding hydrogens is 384 g/mol. The number of benzene rings is 2. The fraction of sp³-hybridized carbons (Fsp3) is 0.200. The maximum Gasteiger partial charge on any atom is 0.255 e. The Morgan fingerprint density at radius 2 is 1.88 bits per heavy atom. The second-order valence-corrected chi connectivity index (χ2v) is 9.19. The Hall–Kier alpha value is -1.69. The van der Waals surface area contributed by atoms with Crippen molar-refractivity contribution in [1.82, 2.24) is 4.98 Å². The van der Waals surface area contributed by atoms with Crippen molar-refractivity contribution in [3.8, 4) is 0 Å². The normalized spacial score (nSPS) is 15.1. The summed E-state index contributed by atoms with van der Waals surface area (Å²) in [4.78, 5) is 17.0. The number of fused-ring (bicyclic) bond motifs is 1. The van der Waals surface area contributed by atoms with Crippen LogP contribution in [0.1, 0.15) is 26.9 Å². The first-order chi connectivity index (χ1) is 12.7. The lowest BCUT2D eigenvalue weighted by atomic mass is 10.1. The molecule has 0 aliphatic carbocycles. The Balaban J connectivity index is 1.55. The molecule has 0 radical (unpaired) electrons. The molecule has 3 nitrogen and oxygen atoms in total. The van der Waals surface area contributed by atoms with Gasteiger partial charge < -0.3 is 5.32 Å². The van der Waals surface area contributed by atoms with E-state index in [-0.39, 0.29) is 5.91 Å². The summed E-state index contributed by atoms with van der Waals surface area (Å²) in [7, 11) is 0. The van der Waals surface area contributed by atoms with E-state index >= 15 is 0 Å². The molecule has 1 aliphatic rings. The van der Waals surface area contributed by atoms with Crippen LogP contribution in [0.2, 0.25) is 5.02 Å². The number of halogens is 1. The van der Waals surface area contributed by atoms with Gasteiger partial charge in [0.15, 0.2) is 0 Å². The highest BCUT2D eigenvalue weighted by Crippen LogP contribution is 2.43. The molecule has 1 N–H and O–H groups in total. The minimum Gasteiger partial charge on any atom is -0.320 e. The summed E-state index contributed by atoms with van der Waals surface area (Å²) < 4.78 is 0.474. The predicted octanol–water partition coefficient (Wildman–Crippen LogP) is 6.01. The summed E-state index contributed by atoms with van der Waals surface area (Å²) >= 11 is 10.1. The van der Waals surface area contributed by atoms with E-state index in [1.807, 2.05) is 53.9 Å². The first kappa shape index (κ1) is 17.7. The summed E-state index contributed by atoms with van der Waals surface area (Å²) in [5.41, 5.74) is 3.26. The first-order valence-electron chi connectivity index (χ1n) is 8.39. The quantitative estimate of drug-likeness (QED) is 0.584. The smallest absolute Gasteiger partial charge is 0.255 e. The third kappa shape index (κ3) is 3.85. The Morgan fingerprint density at radius 1 is 1.12 bits per heavy atom. The van der Waals surface area contributed by atoms with Gasteiger partial charge >= 0.3 is 0 Å². The van der Waals surface area contributed by atoms with Crippen LogP contribution >= 0.6 is 35.1 Å². The Kier molecular flexibility index (Phi) is 5.38. The second-order valence-electron chi connectivity index (χ2n) is 6.03. The van der Waals surface area contributed by atoms with Crippen LogP contribution in [0.4, 0.5) is 5.69 Å². The zero-order valence-corrected chi connectivity index (χ0v) is 16.3. The van der Waals surface area contributed by atoms with Gasteiger partial charge in [-0.2, -0.15) is 0 Å². The summed E-state index contributed by atoms with van der Waals surface area (Å²) in [5.74, 6) is 2.25. The third-order valence-corrected chi connectivity index (χ3v) is 7.42. The maximum absolute atomic E-state index is 12.7. The number of amides is 1. The highest BCUT2D eigenvalue weighted by atomic mass is 35.5. The number of carbonyl (C=O) groups excluding carboxylic acids is 1. The van der Waals surface area contributed by atoms with E-state index in [1.165, 1.54) is 23.5 Å². The zero-order valence-electron chi connectivity index (χ0n) is 13.9. The van der Waals surface area contributed by atoms with Gasteiger partial charge in [0.05, 0.1) is 15.8 Å². The number of pyridine rings is 1. The fourth-order valence-corrected chi connectivity index (χ4v) is 6.04. The topological polar surface area (TPSA) is 42.0 Å². The molecule has 0 saturated carbocycles. The number of hydrogen-bond acceptors (Lipinski definition) is 4. The molecule has 0 unspecified atom stereocenters. The molecule has 1 amide bonds. The molecule has 2 heterocycles. The van der Waals surface area contributed by atoms with E-state index in [1.54, 1.807) is 12.3 Å². The van der Waals surface area contributed by atoms with E-state index in [0.29, 0.717) is 20.9 Å². The number of nitrogens with zero attached hydrogens (tertiary/aromatic N) is 1. The molecule has 1 saturated heterocycles. The van der Waals surface area contributed by atoms with Crippen LogP contribution < -0.4 is 5.32 Å². The van der Waals surface area contributed by atoms with Gasteiger partial charge in [0.2, 0.25) is 0 Å². The van der Waals surface area contributed by atoms with Gasteiger partial charge in [-0.15, -0.1) is 23.5 Å². The van der Waals surface area contributed by atoms with Gasteiger partial charge in [0.1, 0.15) is 0 Å². The number of aromatic nitrogens is 1. The molecule has 1 fully saturated rings. The van der Waals surface area contributed by atoms with Gasteiger partial charge in [-0.25, -0.2) is 0 Å². The summed E-state index contributed by atoms with van der Waals surface area (Å²) in [6, 6.07) is 15.2. The lowest BCUT2D eigenvalue weighted by Crippen LogP contribution is -2.12. The monoisotopic (exact) mass is 400 g/mol. The summed E-state index contributed by atoms with van der Waals surface area (Å²) in [6.07, 6.45) is 2.98. The average Bonchev–Trinajstić information content (AvgIpc) is 2.68. The molecule has 0 spiro atoms. The van der Waals surface area contributed by atoms with Crippen molar-refractivity contribution < 1.29 is 4.79 Å². The average molecular weight is 401 g/mol. The number of nitrogens with one attached hydrogen (secondary N) is 1. The molecule has 6 heteroatoms. The lowest BCUT2D eigenvalue weighted by Gasteiger charge is -2.21. The van der Waals surface area contributed by atoms with Crippen molar-refractivity contribution in [3.05, 3.63) is 70.9 Å². The van der Waals surface area contributed by atoms with Gasteiger partial charge in [-0.3, -0.25) is 9.78 Å². The van der Waals surface area contributed by atoms with Crippen LogP contribution in [0.25, 0.3) is 10.9 Å². The Labute approximate surface area is 165 Å². The summed E-state index contributed by atoms with van der Waals surface area (Å²) in [5, 5.41) is 4.42. The van der Waals surface area contributed by atoms with Crippen molar-refractivity contribution >= 4 is 57.6 Å². The number of rotatable bonds is 3. The molecule has 0 bridgehead atoms. The number of carbonyl (C=O) groups is 1. The van der Waals surface area contributed by atoms with E-state index < -0.39 is 0 Å². The van der Waals surface area contributed by atoms with Crippen LogP contribution in [0.5, 0.6) is 0 Å². The minimum absolute atomic E-state index is 0.158. The van der Waals surface area contributed by atoms with E-state index in [9.17, 15) is 4.79 Å². The molecule has 4 rings (SSSR count).